The molecule has 0 fully saturated rings. The van der Waals surface area contributed by atoms with Gasteiger partial charge in [0, 0.05) is 38.0 Å². The summed E-state index contributed by atoms with van der Waals surface area (Å²) in [6.45, 7) is 3.24. The van der Waals surface area contributed by atoms with E-state index < -0.39 is 4.92 Å². The largest absolute Gasteiger partial charge is 0.370 e. The Labute approximate surface area is 122 Å². The van der Waals surface area contributed by atoms with Crippen molar-refractivity contribution in [3.63, 3.8) is 0 Å². The molecule has 21 heavy (non-hydrogen) atoms. The molecule has 8 nitrogen and oxygen atoms in total. The minimum atomic E-state index is -0.442. The summed E-state index contributed by atoms with van der Waals surface area (Å²) >= 11 is 0. The fraction of sp³-hybridized carbons (Fsp3) is 0.385. The molecule has 0 aliphatic rings. The van der Waals surface area contributed by atoms with Crippen LogP contribution >= 0.6 is 0 Å². The Morgan fingerprint density at radius 2 is 2.19 bits per heavy atom. The fourth-order valence-electron chi connectivity index (χ4n) is 1.83. The third-order valence-corrected chi connectivity index (χ3v) is 2.85. The molecule has 112 valence electrons. The number of hydrogen-bond donors (Lipinski definition) is 2. The van der Waals surface area contributed by atoms with E-state index in [-0.39, 0.29) is 11.5 Å². The van der Waals surface area contributed by atoms with Crippen LogP contribution in [0.1, 0.15) is 18.9 Å². The van der Waals surface area contributed by atoms with E-state index in [0.29, 0.717) is 12.4 Å². The number of aryl methyl sites for hydroxylation is 1. The molecule has 0 atom stereocenters. The second kappa shape index (κ2) is 6.69. The summed E-state index contributed by atoms with van der Waals surface area (Å²) in [5.74, 6) is 0.876. The molecule has 0 unspecified atom stereocenters. The Morgan fingerprint density at radius 3 is 2.81 bits per heavy atom. The molecule has 2 aromatic rings. The van der Waals surface area contributed by atoms with Crippen molar-refractivity contribution in [1.82, 2.24) is 14.8 Å². The van der Waals surface area contributed by atoms with E-state index in [4.69, 9.17) is 0 Å². The van der Waals surface area contributed by atoms with E-state index in [2.05, 4.69) is 20.7 Å². The lowest BCUT2D eigenvalue weighted by atomic mass is 10.3. The van der Waals surface area contributed by atoms with Crippen LogP contribution in [-0.2, 0) is 13.6 Å². The highest BCUT2D eigenvalue weighted by Gasteiger charge is 2.15. The highest BCUT2D eigenvalue weighted by Crippen LogP contribution is 2.24. The number of anilines is 2. The van der Waals surface area contributed by atoms with Gasteiger partial charge in [0.05, 0.1) is 11.1 Å². The Hall–Kier alpha value is -2.64. The Bertz CT molecular complexity index is 625. The van der Waals surface area contributed by atoms with Crippen LogP contribution in [0, 0.1) is 10.1 Å². The van der Waals surface area contributed by atoms with Gasteiger partial charge in [-0.05, 0) is 12.5 Å². The number of pyridine rings is 1. The summed E-state index contributed by atoms with van der Waals surface area (Å²) in [4.78, 5) is 14.9. The van der Waals surface area contributed by atoms with Gasteiger partial charge in [0.15, 0.2) is 0 Å². The number of nitrogens with one attached hydrogen (secondary N) is 2. The molecule has 0 bridgehead atoms. The van der Waals surface area contributed by atoms with Crippen LogP contribution in [0.2, 0.25) is 0 Å². The lowest BCUT2D eigenvalue weighted by Crippen LogP contribution is -2.08. The van der Waals surface area contributed by atoms with Gasteiger partial charge >= 0.3 is 5.69 Å². The van der Waals surface area contributed by atoms with Crippen molar-refractivity contribution in [2.24, 2.45) is 7.05 Å². The third kappa shape index (κ3) is 3.91. The van der Waals surface area contributed by atoms with Crippen molar-refractivity contribution in [2.45, 2.75) is 19.9 Å². The smallest absolute Gasteiger partial charge is 0.311 e. The maximum Gasteiger partial charge on any atom is 0.311 e. The van der Waals surface area contributed by atoms with Gasteiger partial charge < -0.3 is 10.6 Å². The van der Waals surface area contributed by atoms with E-state index in [1.807, 2.05) is 20.2 Å². The number of nitrogens with zero attached hydrogens (tertiary/aromatic N) is 4. The maximum atomic E-state index is 11.1. The summed E-state index contributed by atoms with van der Waals surface area (Å²) in [5.41, 5.74) is 0.890. The highest BCUT2D eigenvalue weighted by atomic mass is 16.6. The molecule has 0 spiro atoms. The highest BCUT2D eigenvalue weighted by molar-refractivity contribution is 5.60. The predicted molar refractivity (Wildman–Crippen MR) is 80.2 cm³/mol. The van der Waals surface area contributed by atoms with Gasteiger partial charge in [0.1, 0.15) is 5.82 Å². The van der Waals surface area contributed by atoms with Crippen LogP contribution in [0.25, 0.3) is 0 Å². The molecule has 2 rings (SSSR count). The first-order valence-electron chi connectivity index (χ1n) is 6.71. The minimum absolute atomic E-state index is 0.0408. The van der Waals surface area contributed by atoms with Gasteiger partial charge in [-0.1, -0.05) is 6.92 Å². The molecule has 0 aromatic carbocycles. The zero-order valence-electron chi connectivity index (χ0n) is 12.0. The van der Waals surface area contributed by atoms with Crippen LogP contribution < -0.4 is 10.6 Å². The van der Waals surface area contributed by atoms with Gasteiger partial charge in [-0.25, -0.2) is 4.98 Å². The zero-order valence-corrected chi connectivity index (χ0v) is 12.0. The number of rotatable bonds is 7. The number of aromatic nitrogens is 3. The molecule has 8 heteroatoms. The first-order chi connectivity index (χ1) is 10.1. The van der Waals surface area contributed by atoms with Crippen molar-refractivity contribution in [2.75, 3.05) is 17.2 Å². The normalized spacial score (nSPS) is 10.4. The van der Waals surface area contributed by atoms with E-state index in [9.17, 15) is 10.1 Å². The van der Waals surface area contributed by atoms with Crippen molar-refractivity contribution in [1.29, 1.82) is 0 Å². The molecule has 0 saturated heterocycles. The van der Waals surface area contributed by atoms with Crippen LogP contribution in [0.15, 0.2) is 24.5 Å². The van der Waals surface area contributed by atoms with Crippen molar-refractivity contribution in [3.8, 4) is 0 Å². The van der Waals surface area contributed by atoms with Gasteiger partial charge in [0.2, 0.25) is 5.82 Å². The fourth-order valence-corrected chi connectivity index (χ4v) is 1.83. The summed E-state index contributed by atoms with van der Waals surface area (Å²) in [6, 6.07) is 3.07. The quantitative estimate of drug-likeness (QED) is 0.599. The van der Waals surface area contributed by atoms with E-state index in [1.165, 1.54) is 6.07 Å². The lowest BCUT2D eigenvalue weighted by molar-refractivity contribution is -0.384. The number of hydrogen-bond acceptors (Lipinski definition) is 6. The molecular formula is C13H18N6O2. The predicted octanol–water partition coefficient (Wildman–Crippen LogP) is 2.16. The average molecular weight is 290 g/mol. The van der Waals surface area contributed by atoms with Crippen LogP contribution in [0.4, 0.5) is 17.3 Å². The van der Waals surface area contributed by atoms with Crippen molar-refractivity contribution in [3.05, 3.63) is 40.2 Å². The Morgan fingerprint density at radius 1 is 1.38 bits per heavy atom. The first-order valence-corrected chi connectivity index (χ1v) is 6.71. The summed E-state index contributed by atoms with van der Waals surface area (Å²) in [7, 11) is 1.82. The van der Waals surface area contributed by atoms with E-state index in [0.717, 1.165) is 18.5 Å². The summed E-state index contributed by atoms with van der Waals surface area (Å²) < 4.78 is 1.68. The van der Waals surface area contributed by atoms with Gasteiger partial charge in [0.25, 0.3) is 0 Å². The monoisotopic (exact) mass is 290 g/mol. The van der Waals surface area contributed by atoms with Crippen LogP contribution in [0.3, 0.4) is 0 Å². The van der Waals surface area contributed by atoms with E-state index >= 15 is 0 Å². The number of nitro groups is 1. The SMILES string of the molecule is CCCNc1ccc([N+](=O)[O-])c(NCc2cnn(C)c2)n1. The molecule has 0 saturated carbocycles. The molecule has 2 heterocycles. The lowest BCUT2D eigenvalue weighted by Gasteiger charge is -2.08. The second-order valence-corrected chi connectivity index (χ2v) is 4.62. The van der Waals surface area contributed by atoms with Crippen molar-refractivity contribution >= 4 is 17.3 Å². The molecule has 2 aromatic heterocycles. The Balaban J connectivity index is 2.15. The minimum Gasteiger partial charge on any atom is -0.370 e. The van der Waals surface area contributed by atoms with Crippen LogP contribution in [0.5, 0.6) is 0 Å². The average Bonchev–Trinajstić information content (AvgIpc) is 2.88. The molecule has 0 aliphatic carbocycles. The molecule has 2 N–H and O–H groups in total. The van der Waals surface area contributed by atoms with Crippen molar-refractivity contribution < 1.29 is 4.92 Å². The topological polar surface area (TPSA) is 97.9 Å². The maximum absolute atomic E-state index is 11.1. The zero-order chi connectivity index (χ0) is 15.2. The second-order valence-electron chi connectivity index (χ2n) is 4.62. The Kier molecular flexibility index (Phi) is 4.70. The van der Waals surface area contributed by atoms with Crippen LogP contribution in [-0.4, -0.2) is 26.2 Å². The molecular weight excluding hydrogens is 272 g/mol. The summed E-state index contributed by atoms with van der Waals surface area (Å²) in [6.07, 6.45) is 4.51. The standard InChI is InChI=1S/C13H18N6O2/c1-3-6-14-12-5-4-11(19(20)21)13(17-12)15-7-10-8-16-18(2)9-10/h4-5,8-9H,3,6-7H2,1-2H3,(H2,14,15,17). The van der Waals surface area contributed by atoms with Gasteiger partial charge in [-0.3, -0.25) is 14.8 Å². The first kappa shape index (κ1) is 14.8. The molecule has 0 amide bonds. The van der Waals surface area contributed by atoms with Gasteiger partial charge in [-0.2, -0.15) is 5.10 Å². The van der Waals surface area contributed by atoms with E-state index in [1.54, 1.807) is 16.9 Å². The molecule has 0 radical (unpaired) electrons. The van der Waals surface area contributed by atoms with Gasteiger partial charge in [-0.15, -0.1) is 0 Å². The molecule has 0 aliphatic heterocycles. The third-order valence-electron chi connectivity index (χ3n) is 2.85. The summed E-state index contributed by atoms with van der Waals surface area (Å²) in [5, 5.41) is 21.2.